The average molecular weight is 268 g/mol. The van der Waals surface area contributed by atoms with Crippen molar-refractivity contribution in [1.82, 2.24) is 4.72 Å². The molecular weight excluding hydrogens is 248 g/mol. The van der Waals surface area contributed by atoms with E-state index in [9.17, 15) is 8.42 Å². The maximum atomic E-state index is 12.0. The fourth-order valence-electron chi connectivity index (χ4n) is 2.33. The third-order valence-corrected chi connectivity index (χ3v) is 4.72. The average Bonchev–Trinajstić information content (AvgIpc) is 2.32. The summed E-state index contributed by atoms with van der Waals surface area (Å²) in [4.78, 5) is 0. The first kappa shape index (κ1) is 13.5. The largest absolute Gasteiger partial charge is 0.328 e. The lowest BCUT2D eigenvalue weighted by Gasteiger charge is -2.26. The Bertz CT molecular complexity index is 465. The van der Waals surface area contributed by atoms with Crippen molar-refractivity contribution in [2.45, 2.75) is 43.5 Å². The van der Waals surface area contributed by atoms with E-state index in [1.54, 1.807) is 0 Å². The molecule has 0 aliphatic heterocycles. The lowest BCUT2D eigenvalue weighted by molar-refractivity contribution is 0.373. The molecule has 0 unspecified atom stereocenters. The fraction of sp³-hybridized carbons (Fsp3) is 0.538. The van der Waals surface area contributed by atoms with Crippen molar-refractivity contribution >= 4 is 10.0 Å². The predicted octanol–water partition coefficient (Wildman–Crippen LogP) is 1.38. The molecule has 0 radical (unpaired) electrons. The summed E-state index contributed by atoms with van der Waals surface area (Å²) in [5.41, 5.74) is 6.62. The fourth-order valence-corrected chi connectivity index (χ4v) is 3.78. The Morgan fingerprint density at radius 1 is 1.11 bits per heavy atom. The summed E-state index contributed by atoms with van der Waals surface area (Å²) in [5.74, 6) is 0.0520. The summed E-state index contributed by atoms with van der Waals surface area (Å²) >= 11 is 0. The standard InChI is InChI=1S/C13H20N2O2S/c14-12-6-8-13(9-7-12)15-18(16,17)10-11-4-2-1-3-5-11/h1-5,12-13,15H,6-10,14H2. The van der Waals surface area contributed by atoms with Gasteiger partial charge in [-0.1, -0.05) is 30.3 Å². The van der Waals surface area contributed by atoms with Gasteiger partial charge in [-0.05, 0) is 31.2 Å². The number of sulfonamides is 1. The van der Waals surface area contributed by atoms with E-state index in [0.717, 1.165) is 31.2 Å². The molecule has 0 aromatic heterocycles. The van der Waals surface area contributed by atoms with E-state index in [2.05, 4.69) is 4.72 Å². The van der Waals surface area contributed by atoms with Gasteiger partial charge in [-0.25, -0.2) is 13.1 Å². The predicted molar refractivity (Wildman–Crippen MR) is 72.4 cm³/mol. The van der Waals surface area contributed by atoms with Crippen LogP contribution in [0.25, 0.3) is 0 Å². The molecule has 18 heavy (non-hydrogen) atoms. The van der Waals surface area contributed by atoms with Crippen LogP contribution in [0.5, 0.6) is 0 Å². The molecule has 0 bridgehead atoms. The first-order valence-electron chi connectivity index (χ1n) is 6.35. The van der Waals surface area contributed by atoms with Crippen LogP contribution < -0.4 is 10.5 Å². The lowest BCUT2D eigenvalue weighted by atomic mass is 9.93. The molecule has 4 nitrogen and oxygen atoms in total. The minimum absolute atomic E-state index is 0.0520. The summed E-state index contributed by atoms with van der Waals surface area (Å²) in [6, 6.07) is 9.53. The molecule has 5 heteroatoms. The summed E-state index contributed by atoms with van der Waals surface area (Å²) in [5, 5.41) is 0. The second kappa shape index (κ2) is 5.82. The highest BCUT2D eigenvalue weighted by molar-refractivity contribution is 7.88. The number of nitrogens with one attached hydrogen (secondary N) is 1. The van der Waals surface area contributed by atoms with E-state index in [-0.39, 0.29) is 17.8 Å². The van der Waals surface area contributed by atoms with Gasteiger partial charge in [0.15, 0.2) is 0 Å². The van der Waals surface area contributed by atoms with Gasteiger partial charge in [0.25, 0.3) is 0 Å². The molecule has 3 N–H and O–H groups in total. The normalized spacial score (nSPS) is 24.9. The Morgan fingerprint density at radius 3 is 2.33 bits per heavy atom. The molecular formula is C13H20N2O2S. The number of benzene rings is 1. The molecule has 0 heterocycles. The number of hydrogen-bond donors (Lipinski definition) is 2. The smallest absolute Gasteiger partial charge is 0.216 e. The second-order valence-electron chi connectivity index (χ2n) is 4.97. The van der Waals surface area contributed by atoms with Gasteiger partial charge >= 0.3 is 0 Å². The van der Waals surface area contributed by atoms with Crippen LogP contribution in [0.15, 0.2) is 30.3 Å². The van der Waals surface area contributed by atoms with Crippen molar-refractivity contribution < 1.29 is 8.42 Å². The van der Waals surface area contributed by atoms with Crippen LogP contribution in [0.2, 0.25) is 0 Å². The molecule has 0 amide bonds. The maximum Gasteiger partial charge on any atom is 0.216 e. The SMILES string of the molecule is NC1CCC(NS(=O)(=O)Cc2ccccc2)CC1. The van der Waals surface area contributed by atoms with E-state index in [1.807, 2.05) is 30.3 Å². The van der Waals surface area contributed by atoms with Gasteiger partial charge in [0.1, 0.15) is 0 Å². The molecule has 1 saturated carbocycles. The molecule has 1 aromatic rings. The maximum absolute atomic E-state index is 12.0. The quantitative estimate of drug-likeness (QED) is 0.866. The molecule has 1 fully saturated rings. The Kier molecular flexibility index (Phi) is 4.37. The van der Waals surface area contributed by atoms with E-state index in [4.69, 9.17) is 5.73 Å². The first-order valence-corrected chi connectivity index (χ1v) is 8.00. The van der Waals surface area contributed by atoms with Gasteiger partial charge in [0.2, 0.25) is 10.0 Å². The molecule has 0 atom stereocenters. The molecule has 0 spiro atoms. The third kappa shape index (κ3) is 4.08. The summed E-state index contributed by atoms with van der Waals surface area (Å²) in [6.07, 6.45) is 3.49. The van der Waals surface area contributed by atoms with Gasteiger partial charge in [-0.2, -0.15) is 0 Å². The zero-order valence-corrected chi connectivity index (χ0v) is 11.2. The van der Waals surface area contributed by atoms with Crippen LogP contribution in [0.3, 0.4) is 0 Å². The Labute approximate surface area is 109 Å². The van der Waals surface area contributed by atoms with Crippen LogP contribution >= 0.6 is 0 Å². The summed E-state index contributed by atoms with van der Waals surface area (Å²) in [6.45, 7) is 0. The van der Waals surface area contributed by atoms with E-state index >= 15 is 0 Å². The van der Waals surface area contributed by atoms with E-state index in [1.165, 1.54) is 0 Å². The topological polar surface area (TPSA) is 72.2 Å². The van der Waals surface area contributed by atoms with E-state index < -0.39 is 10.0 Å². The molecule has 1 aliphatic carbocycles. The van der Waals surface area contributed by atoms with Crippen LogP contribution in [-0.4, -0.2) is 20.5 Å². The Morgan fingerprint density at radius 2 is 1.72 bits per heavy atom. The van der Waals surface area contributed by atoms with Crippen LogP contribution in [0.4, 0.5) is 0 Å². The van der Waals surface area contributed by atoms with Gasteiger partial charge < -0.3 is 5.73 Å². The minimum atomic E-state index is -3.24. The van der Waals surface area contributed by atoms with Gasteiger partial charge in [-0.3, -0.25) is 0 Å². The van der Waals surface area contributed by atoms with Gasteiger partial charge in [-0.15, -0.1) is 0 Å². The zero-order chi connectivity index (χ0) is 13.0. The zero-order valence-electron chi connectivity index (χ0n) is 10.4. The molecule has 0 saturated heterocycles. The second-order valence-corrected chi connectivity index (χ2v) is 6.73. The Hall–Kier alpha value is -0.910. The van der Waals surface area contributed by atoms with Crippen LogP contribution in [-0.2, 0) is 15.8 Å². The highest BCUT2D eigenvalue weighted by Gasteiger charge is 2.23. The number of hydrogen-bond acceptors (Lipinski definition) is 3. The number of rotatable bonds is 4. The highest BCUT2D eigenvalue weighted by Crippen LogP contribution is 2.18. The molecule has 2 rings (SSSR count). The van der Waals surface area contributed by atoms with Crippen molar-refractivity contribution in [2.75, 3.05) is 0 Å². The monoisotopic (exact) mass is 268 g/mol. The first-order chi connectivity index (χ1) is 8.55. The highest BCUT2D eigenvalue weighted by atomic mass is 32.2. The van der Waals surface area contributed by atoms with Gasteiger partial charge in [0, 0.05) is 12.1 Å². The Balaban J connectivity index is 1.92. The minimum Gasteiger partial charge on any atom is -0.328 e. The third-order valence-electron chi connectivity index (χ3n) is 3.32. The molecule has 1 aromatic carbocycles. The van der Waals surface area contributed by atoms with Crippen LogP contribution in [0, 0.1) is 0 Å². The van der Waals surface area contributed by atoms with Crippen molar-refractivity contribution in [3.8, 4) is 0 Å². The van der Waals surface area contributed by atoms with Crippen molar-refractivity contribution in [3.05, 3.63) is 35.9 Å². The molecule has 1 aliphatic rings. The van der Waals surface area contributed by atoms with Crippen molar-refractivity contribution in [2.24, 2.45) is 5.73 Å². The summed E-state index contributed by atoms with van der Waals surface area (Å²) < 4.78 is 26.8. The molecule has 100 valence electrons. The lowest BCUT2D eigenvalue weighted by Crippen LogP contribution is -2.40. The number of nitrogens with two attached hydrogens (primary N) is 1. The van der Waals surface area contributed by atoms with Crippen LogP contribution in [0.1, 0.15) is 31.2 Å². The summed E-state index contributed by atoms with van der Waals surface area (Å²) in [7, 11) is -3.24. The van der Waals surface area contributed by atoms with Crippen molar-refractivity contribution in [1.29, 1.82) is 0 Å². The van der Waals surface area contributed by atoms with Crippen molar-refractivity contribution in [3.63, 3.8) is 0 Å². The van der Waals surface area contributed by atoms with E-state index in [0.29, 0.717) is 0 Å². The van der Waals surface area contributed by atoms with Gasteiger partial charge in [0.05, 0.1) is 5.75 Å².